The van der Waals surface area contributed by atoms with Crippen LogP contribution in [0.3, 0.4) is 0 Å². The summed E-state index contributed by atoms with van der Waals surface area (Å²) < 4.78 is 0. The Morgan fingerprint density at radius 2 is 2.19 bits per heavy atom. The first-order valence-corrected chi connectivity index (χ1v) is 7.10. The van der Waals surface area contributed by atoms with Crippen molar-refractivity contribution in [1.82, 2.24) is 9.97 Å². The number of nitrogens with zero attached hydrogens (tertiary/aromatic N) is 4. The average molecular weight is 297 g/mol. The summed E-state index contributed by atoms with van der Waals surface area (Å²) in [6.45, 7) is 7.35. The van der Waals surface area contributed by atoms with Gasteiger partial charge in [-0.1, -0.05) is 13.8 Å². The normalized spacial score (nSPS) is 10.7. The Morgan fingerprint density at radius 3 is 2.71 bits per heavy atom. The second-order valence-corrected chi connectivity index (χ2v) is 5.06. The Morgan fingerprint density at radius 1 is 1.48 bits per heavy atom. The molecule has 1 aromatic heterocycles. The summed E-state index contributed by atoms with van der Waals surface area (Å²) in [5, 5.41) is 23.4. The molecule has 0 aliphatic rings. The van der Waals surface area contributed by atoms with Crippen LogP contribution in [0.5, 0.6) is 0 Å². The smallest absolute Gasteiger partial charge is 0.353 e. The number of hydrogen-bond donors (Lipinski definition) is 2. The Labute approximate surface area is 124 Å². The van der Waals surface area contributed by atoms with Gasteiger partial charge in [0.05, 0.1) is 11.5 Å². The molecule has 0 atom stereocenters. The van der Waals surface area contributed by atoms with Crippen molar-refractivity contribution in [2.75, 3.05) is 36.5 Å². The molecule has 0 aliphatic heterocycles. The van der Waals surface area contributed by atoms with E-state index in [0.29, 0.717) is 25.6 Å². The monoisotopic (exact) mass is 297 g/mol. The maximum absolute atomic E-state index is 11.4. The molecular formula is C13H23N5O3. The van der Waals surface area contributed by atoms with Crippen molar-refractivity contribution in [3.8, 4) is 0 Å². The fourth-order valence-corrected chi connectivity index (χ4v) is 1.91. The summed E-state index contributed by atoms with van der Waals surface area (Å²) in [5.41, 5.74) is -0.142. The fraction of sp³-hybridized carbons (Fsp3) is 0.692. The SMILES string of the molecule is CCN(CCO)c1ncnc(NCCC(C)C)c1[N+](=O)[O-]. The molecule has 0 saturated carbocycles. The number of nitro groups is 1. The molecule has 0 aliphatic carbocycles. The molecule has 1 aromatic rings. The van der Waals surface area contributed by atoms with Gasteiger partial charge in [-0.3, -0.25) is 10.1 Å². The van der Waals surface area contributed by atoms with Crippen molar-refractivity contribution in [1.29, 1.82) is 0 Å². The molecule has 8 heteroatoms. The van der Waals surface area contributed by atoms with Crippen molar-refractivity contribution in [2.45, 2.75) is 27.2 Å². The Kier molecular flexibility index (Phi) is 6.80. The summed E-state index contributed by atoms with van der Waals surface area (Å²) in [5.74, 6) is 0.958. The predicted molar refractivity (Wildman–Crippen MR) is 81.6 cm³/mol. The second-order valence-electron chi connectivity index (χ2n) is 5.06. The highest BCUT2D eigenvalue weighted by Crippen LogP contribution is 2.31. The first kappa shape index (κ1) is 17.1. The minimum absolute atomic E-state index is 0.0922. The number of aliphatic hydroxyl groups is 1. The zero-order chi connectivity index (χ0) is 15.8. The van der Waals surface area contributed by atoms with Crippen LogP contribution in [0.1, 0.15) is 27.2 Å². The topological polar surface area (TPSA) is 104 Å². The first-order valence-electron chi connectivity index (χ1n) is 7.10. The molecular weight excluding hydrogens is 274 g/mol. The third kappa shape index (κ3) is 4.82. The third-order valence-corrected chi connectivity index (χ3v) is 3.05. The summed E-state index contributed by atoms with van der Waals surface area (Å²) in [6, 6.07) is 0. The van der Waals surface area contributed by atoms with E-state index in [0.717, 1.165) is 6.42 Å². The molecule has 21 heavy (non-hydrogen) atoms. The molecule has 8 nitrogen and oxygen atoms in total. The zero-order valence-electron chi connectivity index (χ0n) is 12.7. The van der Waals surface area contributed by atoms with Crippen molar-refractivity contribution in [3.05, 3.63) is 16.4 Å². The van der Waals surface area contributed by atoms with E-state index in [2.05, 4.69) is 29.1 Å². The zero-order valence-corrected chi connectivity index (χ0v) is 12.7. The summed E-state index contributed by atoms with van der Waals surface area (Å²) in [7, 11) is 0. The van der Waals surface area contributed by atoms with E-state index >= 15 is 0 Å². The molecule has 1 rings (SSSR count). The van der Waals surface area contributed by atoms with Crippen LogP contribution in [0.2, 0.25) is 0 Å². The molecule has 0 aromatic carbocycles. The van der Waals surface area contributed by atoms with Gasteiger partial charge in [0.15, 0.2) is 0 Å². The molecule has 0 radical (unpaired) electrons. The highest BCUT2D eigenvalue weighted by atomic mass is 16.6. The van der Waals surface area contributed by atoms with Gasteiger partial charge in [0, 0.05) is 19.6 Å². The molecule has 0 bridgehead atoms. The van der Waals surface area contributed by atoms with Gasteiger partial charge in [-0.05, 0) is 19.3 Å². The van der Waals surface area contributed by atoms with Crippen LogP contribution in [-0.2, 0) is 0 Å². The lowest BCUT2D eigenvalue weighted by molar-refractivity contribution is -0.383. The first-order chi connectivity index (χ1) is 10.0. The number of anilines is 2. The summed E-state index contributed by atoms with van der Waals surface area (Å²) >= 11 is 0. The van der Waals surface area contributed by atoms with Crippen molar-refractivity contribution >= 4 is 17.3 Å². The standard InChI is InChI=1S/C13H23N5O3/c1-4-17(7-8-19)13-11(18(20)21)12(15-9-16-13)14-6-5-10(2)3/h9-10,19H,4-8H2,1-3H3,(H,14,15,16). The molecule has 0 spiro atoms. The highest BCUT2D eigenvalue weighted by Gasteiger charge is 2.26. The molecule has 0 saturated heterocycles. The maximum Gasteiger partial charge on any atom is 0.353 e. The lowest BCUT2D eigenvalue weighted by atomic mass is 10.1. The molecule has 0 amide bonds. The highest BCUT2D eigenvalue weighted by molar-refractivity contribution is 5.70. The Balaban J connectivity index is 3.06. The predicted octanol–water partition coefficient (Wildman–Crippen LogP) is 1.66. The number of aromatic nitrogens is 2. The van der Waals surface area contributed by atoms with E-state index in [1.807, 2.05) is 6.92 Å². The summed E-state index contributed by atoms with van der Waals surface area (Å²) in [4.78, 5) is 20.5. The van der Waals surface area contributed by atoms with E-state index in [4.69, 9.17) is 5.11 Å². The minimum Gasteiger partial charge on any atom is -0.395 e. The molecule has 2 N–H and O–H groups in total. The maximum atomic E-state index is 11.4. The summed E-state index contributed by atoms with van der Waals surface area (Å²) in [6.07, 6.45) is 2.20. The largest absolute Gasteiger partial charge is 0.395 e. The third-order valence-electron chi connectivity index (χ3n) is 3.05. The minimum atomic E-state index is -0.479. The number of likely N-dealkylation sites (N-methyl/N-ethyl adjacent to an activating group) is 1. The Bertz CT molecular complexity index is 467. The van der Waals surface area contributed by atoms with Gasteiger partial charge in [0.1, 0.15) is 6.33 Å². The Hall–Kier alpha value is -1.96. The van der Waals surface area contributed by atoms with Gasteiger partial charge in [-0.15, -0.1) is 0 Å². The van der Waals surface area contributed by atoms with Crippen LogP contribution < -0.4 is 10.2 Å². The lowest BCUT2D eigenvalue weighted by Crippen LogP contribution is -2.28. The van der Waals surface area contributed by atoms with E-state index in [1.54, 1.807) is 4.90 Å². The van der Waals surface area contributed by atoms with Gasteiger partial charge in [-0.25, -0.2) is 9.97 Å². The van der Waals surface area contributed by atoms with E-state index in [-0.39, 0.29) is 23.9 Å². The fourth-order valence-electron chi connectivity index (χ4n) is 1.91. The van der Waals surface area contributed by atoms with Crippen LogP contribution in [-0.4, -0.2) is 46.2 Å². The van der Waals surface area contributed by atoms with E-state index < -0.39 is 4.92 Å². The van der Waals surface area contributed by atoms with Gasteiger partial charge < -0.3 is 15.3 Å². The van der Waals surface area contributed by atoms with Gasteiger partial charge >= 0.3 is 5.69 Å². The molecule has 0 unspecified atom stereocenters. The van der Waals surface area contributed by atoms with Gasteiger partial charge in [-0.2, -0.15) is 0 Å². The van der Waals surface area contributed by atoms with E-state index in [9.17, 15) is 10.1 Å². The quantitative estimate of drug-likeness (QED) is 0.527. The number of nitrogens with one attached hydrogen (secondary N) is 1. The van der Waals surface area contributed by atoms with Crippen LogP contribution in [0.4, 0.5) is 17.3 Å². The molecule has 0 fully saturated rings. The van der Waals surface area contributed by atoms with E-state index in [1.165, 1.54) is 6.33 Å². The van der Waals surface area contributed by atoms with Crippen LogP contribution in [0.15, 0.2) is 6.33 Å². The van der Waals surface area contributed by atoms with Crippen molar-refractivity contribution in [2.24, 2.45) is 5.92 Å². The van der Waals surface area contributed by atoms with Crippen LogP contribution in [0.25, 0.3) is 0 Å². The number of rotatable bonds is 9. The molecule has 118 valence electrons. The van der Waals surface area contributed by atoms with Crippen molar-refractivity contribution < 1.29 is 10.0 Å². The number of hydrogen-bond acceptors (Lipinski definition) is 7. The van der Waals surface area contributed by atoms with Gasteiger partial charge in [0.25, 0.3) is 0 Å². The molecule has 1 heterocycles. The van der Waals surface area contributed by atoms with Crippen LogP contribution in [0, 0.1) is 16.0 Å². The van der Waals surface area contributed by atoms with Crippen molar-refractivity contribution in [3.63, 3.8) is 0 Å². The van der Waals surface area contributed by atoms with Gasteiger partial charge in [0.2, 0.25) is 11.6 Å². The van der Waals surface area contributed by atoms with Crippen LogP contribution >= 0.6 is 0 Å². The number of aliphatic hydroxyl groups excluding tert-OH is 1. The lowest BCUT2D eigenvalue weighted by Gasteiger charge is -2.21. The average Bonchev–Trinajstić information content (AvgIpc) is 2.43. The second kappa shape index (κ2) is 8.35.